The number of carbonyl (C=O) groups excluding carboxylic acids is 1. The van der Waals surface area contributed by atoms with E-state index in [1.807, 2.05) is 32.0 Å². The van der Waals surface area contributed by atoms with Crippen LogP contribution in [0.5, 0.6) is 0 Å². The van der Waals surface area contributed by atoms with Crippen molar-refractivity contribution < 1.29 is 9.53 Å². The number of benzene rings is 1. The summed E-state index contributed by atoms with van der Waals surface area (Å²) in [4.78, 5) is 13.6. The predicted octanol–water partition coefficient (Wildman–Crippen LogP) is 1.69. The molecule has 0 aliphatic rings. The standard InChI is InChI=1S/C16H26N2O2/c1-16(2,12-17)13-18(3)15(19)11-20-10-9-14-7-5-4-6-8-14/h4-8H,9-13,17H2,1-3H3. The first-order valence-corrected chi connectivity index (χ1v) is 7.00. The van der Waals surface area contributed by atoms with Gasteiger partial charge in [-0.05, 0) is 23.9 Å². The van der Waals surface area contributed by atoms with Gasteiger partial charge in [-0.3, -0.25) is 4.79 Å². The smallest absolute Gasteiger partial charge is 0.248 e. The normalized spacial score (nSPS) is 11.4. The Labute approximate surface area is 121 Å². The molecule has 1 aromatic rings. The summed E-state index contributed by atoms with van der Waals surface area (Å²) in [7, 11) is 1.79. The minimum absolute atomic E-state index is 0.000383. The summed E-state index contributed by atoms with van der Waals surface area (Å²) >= 11 is 0. The first-order valence-electron chi connectivity index (χ1n) is 7.00. The molecule has 0 saturated heterocycles. The Morgan fingerprint density at radius 2 is 1.95 bits per heavy atom. The van der Waals surface area contributed by atoms with Crippen molar-refractivity contribution in [3.05, 3.63) is 35.9 Å². The van der Waals surface area contributed by atoms with Gasteiger partial charge in [0.2, 0.25) is 5.91 Å². The number of hydrogen-bond donors (Lipinski definition) is 1. The van der Waals surface area contributed by atoms with Crippen molar-refractivity contribution in [3.8, 4) is 0 Å². The lowest BCUT2D eigenvalue weighted by Crippen LogP contribution is -2.41. The SMILES string of the molecule is CN(CC(C)(C)CN)C(=O)COCCc1ccccc1. The molecule has 0 fully saturated rings. The van der Waals surface area contributed by atoms with Gasteiger partial charge in [0, 0.05) is 13.6 Å². The van der Waals surface area contributed by atoms with Gasteiger partial charge in [-0.1, -0.05) is 44.2 Å². The molecule has 4 heteroatoms. The van der Waals surface area contributed by atoms with E-state index in [9.17, 15) is 4.79 Å². The third kappa shape index (κ3) is 6.17. The number of nitrogens with two attached hydrogens (primary N) is 1. The van der Waals surface area contributed by atoms with Gasteiger partial charge in [-0.25, -0.2) is 0 Å². The van der Waals surface area contributed by atoms with E-state index in [2.05, 4.69) is 12.1 Å². The zero-order chi connectivity index (χ0) is 15.0. The van der Waals surface area contributed by atoms with Gasteiger partial charge in [0.25, 0.3) is 0 Å². The molecule has 1 aromatic carbocycles. The van der Waals surface area contributed by atoms with Gasteiger partial charge in [-0.2, -0.15) is 0 Å². The number of likely N-dealkylation sites (N-methyl/N-ethyl adjacent to an activating group) is 1. The molecular weight excluding hydrogens is 252 g/mol. The van der Waals surface area contributed by atoms with Crippen molar-refractivity contribution in [1.29, 1.82) is 0 Å². The molecule has 20 heavy (non-hydrogen) atoms. The molecule has 2 N–H and O–H groups in total. The van der Waals surface area contributed by atoms with Crippen LogP contribution in [-0.4, -0.2) is 44.2 Å². The molecule has 0 saturated carbocycles. The van der Waals surface area contributed by atoms with Crippen molar-refractivity contribution in [2.75, 3.05) is 33.4 Å². The highest BCUT2D eigenvalue weighted by Gasteiger charge is 2.20. The second-order valence-electron chi connectivity index (χ2n) is 5.91. The van der Waals surface area contributed by atoms with Crippen molar-refractivity contribution in [2.45, 2.75) is 20.3 Å². The van der Waals surface area contributed by atoms with Crippen LogP contribution in [0.1, 0.15) is 19.4 Å². The molecule has 1 rings (SSSR count). The van der Waals surface area contributed by atoms with Crippen LogP contribution in [0.15, 0.2) is 30.3 Å². The van der Waals surface area contributed by atoms with Crippen LogP contribution in [0.3, 0.4) is 0 Å². The van der Waals surface area contributed by atoms with Gasteiger partial charge in [0.15, 0.2) is 0 Å². The Kier molecular flexibility index (Phi) is 6.68. The lowest BCUT2D eigenvalue weighted by Gasteiger charge is -2.29. The van der Waals surface area contributed by atoms with Crippen LogP contribution in [0.25, 0.3) is 0 Å². The summed E-state index contributed by atoms with van der Waals surface area (Å²) in [5.74, 6) is -0.000383. The molecule has 1 amide bonds. The first kappa shape index (κ1) is 16.7. The molecule has 112 valence electrons. The molecule has 0 atom stereocenters. The second-order valence-corrected chi connectivity index (χ2v) is 5.91. The van der Waals surface area contributed by atoms with Crippen molar-refractivity contribution >= 4 is 5.91 Å². The maximum atomic E-state index is 11.9. The van der Waals surface area contributed by atoms with Gasteiger partial charge in [0.1, 0.15) is 6.61 Å². The Morgan fingerprint density at radius 1 is 1.30 bits per heavy atom. The van der Waals surface area contributed by atoms with E-state index < -0.39 is 0 Å². The number of rotatable bonds is 8. The van der Waals surface area contributed by atoms with Crippen LogP contribution in [-0.2, 0) is 16.0 Å². The van der Waals surface area contributed by atoms with Crippen LogP contribution in [0.4, 0.5) is 0 Å². The van der Waals surface area contributed by atoms with Gasteiger partial charge in [0.05, 0.1) is 6.61 Å². The number of carbonyl (C=O) groups is 1. The summed E-state index contributed by atoms with van der Waals surface area (Å²) < 4.78 is 5.45. The predicted molar refractivity (Wildman–Crippen MR) is 81.4 cm³/mol. The molecule has 0 aliphatic heterocycles. The van der Waals surface area contributed by atoms with Gasteiger partial charge < -0.3 is 15.4 Å². The first-order chi connectivity index (χ1) is 9.44. The van der Waals surface area contributed by atoms with Crippen molar-refractivity contribution in [2.24, 2.45) is 11.1 Å². The van der Waals surface area contributed by atoms with E-state index in [4.69, 9.17) is 10.5 Å². The molecule has 4 nitrogen and oxygen atoms in total. The van der Waals surface area contributed by atoms with Gasteiger partial charge in [-0.15, -0.1) is 0 Å². The molecule has 0 heterocycles. The van der Waals surface area contributed by atoms with E-state index in [-0.39, 0.29) is 17.9 Å². The Hall–Kier alpha value is -1.39. The number of hydrogen-bond acceptors (Lipinski definition) is 3. The van der Waals surface area contributed by atoms with E-state index in [0.717, 1.165) is 6.42 Å². The van der Waals surface area contributed by atoms with E-state index in [0.29, 0.717) is 19.7 Å². The minimum atomic E-state index is -0.0611. The summed E-state index contributed by atoms with van der Waals surface area (Å²) in [5.41, 5.74) is 6.83. The molecular formula is C16H26N2O2. The Balaban J connectivity index is 2.23. The maximum absolute atomic E-state index is 11.9. The van der Waals surface area contributed by atoms with Crippen molar-refractivity contribution in [3.63, 3.8) is 0 Å². The van der Waals surface area contributed by atoms with E-state index in [1.165, 1.54) is 5.56 Å². The summed E-state index contributed by atoms with van der Waals surface area (Å²) in [6.45, 7) is 5.98. The molecule has 0 radical (unpaired) electrons. The quantitative estimate of drug-likeness (QED) is 0.736. The number of ether oxygens (including phenoxy) is 1. The average molecular weight is 278 g/mol. The fourth-order valence-corrected chi connectivity index (χ4v) is 1.90. The molecule has 0 aliphatic carbocycles. The Bertz CT molecular complexity index is 404. The van der Waals surface area contributed by atoms with Crippen LogP contribution >= 0.6 is 0 Å². The topological polar surface area (TPSA) is 55.6 Å². The molecule has 0 unspecified atom stereocenters. The second kappa shape index (κ2) is 8.02. The van der Waals surface area contributed by atoms with Crippen LogP contribution in [0.2, 0.25) is 0 Å². The summed E-state index contributed by atoms with van der Waals surface area (Å²) in [6, 6.07) is 10.1. The molecule has 0 bridgehead atoms. The average Bonchev–Trinajstić information content (AvgIpc) is 2.44. The fraction of sp³-hybridized carbons (Fsp3) is 0.562. The highest BCUT2D eigenvalue weighted by Crippen LogP contribution is 2.13. The van der Waals surface area contributed by atoms with Gasteiger partial charge >= 0.3 is 0 Å². The molecule has 0 aromatic heterocycles. The minimum Gasteiger partial charge on any atom is -0.371 e. The van der Waals surface area contributed by atoms with Crippen LogP contribution in [0, 0.1) is 5.41 Å². The third-order valence-corrected chi connectivity index (χ3v) is 3.25. The van der Waals surface area contributed by atoms with Crippen molar-refractivity contribution in [1.82, 2.24) is 4.90 Å². The Morgan fingerprint density at radius 3 is 2.55 bits per heavy atom. The third-order valence-electron chi connectivity index (χ3n) is 3.25. The largest absolute Gasteiger partial charge is 0.371 e. The zero-order valence-corrected chi connectivity index (χ0v) is 12.8. The lowest BCUT2D eigenvalue weighted by atomic mass is 9.93. The monoisotopic (exact) mass is 278 g/mol. The maximum Gasteiger partial charge on any atom is 0.248 e. The zero-order valence-electron chi connectivity index (χ0n) is 12.8. The highest BCUT2D eigenvalue weighted by molar-refractivity contribution is 5.77. The number of nitrogens with zero attached hydrogens (tertiary/aromatic N) is 1. The lowest BCUT2D eigenvalue weighted by molar-refractivity contribution is -0.136. The summed E-state index contributed by atoms with van der Waals surface area (Å²) in [5, 5.41) is 0. The molecule has 0 spiro atoms. The fourth-order valence-electron chi connectivity index (χ4n) is 1.90. The summed E-state index contributed by atoms with van der Waals surface area (Å²) in [6.07, 6.45) is 0.826. The number of amides is 1. The highest BCUT2D eigenvalue weighted by atomic mass is 16.5. The van der Waals surface area contributed by atoms with E-state index in [1.54, 1.807) is 11.9 Å². The van der Waals surface area contributed by atoms with E-state index >= 15 is 0 Å². The van der Waals surface area contributed by atoms with Crippen LogP contribution < -0.4 is 5.73 Å².